The predicted molar refractivity (Wildman–Crippen MR) is 77.5 cm³/mol. The van der Waals surface area contributed by atoms with Gasteiger partial charge in [0.25, 0.3) is 0 Å². The maximum Gasteiger partial charge on any atom is 0.140 e. The zero-order chi connectivity index (χ0) is 13.4. The first-order valence-electron chi connectivity index (χ1n) is 6.72. The van der Waals surface area contributed by atoms with Crippen LogP contribution < -0.4 is 0 Å². The molecule has 2 aromatic heterocycles. The third-order valence-electron chi connectivity index (χ3n) is 3.66. The quantitative estimate of drug-likeness (QED) is 0.712. The Balaban J connectivity index is 1.72. The molecule has 0 fully saturated rings. The van der Waals surface area contributed by atoms with E-state index in [1.54, 1.807) is 6.20 Å². The van der Waals surface area contributed by atoms with E-state index in [2.05, 4.69) is 44.9 Å². The highest BCUT2D eigenvalue weighted by Gasteiger charge is 2.14. The lowest BCUT2D eigenvalue weighted by molar-refractivity contribution is 0.684. The van der Waals surface area contributed by atoms with Crippen LogP contribution >= 0.6 is 0 Å². The number of hydrogen-bond donors (Lipinski definition) is 0. The maximum atomic E-state index is 4.47. The maximum absolute atomic E-state index is 4.47. The first kappa shape index (κ1) is 11.2. The van der Waals surface area contributed by atoms with E-state index in [9.17, 15) is 0 Å². The summed E-state index contributed by atoms with van der Waals surface area (Å²) in [7, 11) is 0. The minimum atomic E-state index is 1.02. The van der Waals surface area contributed by atoms with Crippen LogP contribution in [0.25, 0.3) is 11.3 Å². The minimum absolute atomic E-state index is 1.02. The van der Waals surface area contributed by atoms with Gasteiger partial charge in [0.05, 0.1) is 6.33 Å². The molecule has 0 bridgehead atoms. The molecule has 20 heavy (non-hydrogen) atoms. The van der Waals surface area contributed by atoms with Gasteiger partial charge in [-0.15, -0.1) is 0 Å². The van der Waals surface area contributed by atoms with E-state index in [-0.39, 0.29) is 0 Å². The Morgan fingerprint density at radius 2 is 1.90 bits per heavy atom. The smallest absolute Gasteiger partial charge is 0.140 e. The Hall–Kier alpha value is -2.62. The number of benzene rings is 1. The molecule has 1 aliphatic rings. The number of aromatic nitrogens is 4. The molecule has 3 heterocycles. The summed E-state index contributed by atoms with van der Waals surface area (Å²) in [5.74, 6) is 1.06. The van der Waals surface area contributed by atoms with Gasteiger partial charge in [0, 0.05) is 42.6 Å². The lowest BCUT2D eigenvalue weighted by atomic mass is 10.0. The zero-order valence-corrected chi connectivity index (χ0v) is 11.0. The second kappa shape index (κ2) is 4.49. The highest BCUT2D eigenvalue weighted by atomic mass is 15.1. The summed E-state index contributed by atoms with van der Waals surface area (Å²) < 4.78 is 4.21. The van der Waals surface area contributed by atoms with E-state index in [1.807, 2.05) is 29.5 Å². The van der Waals surface area contributed by atoms with Gasteiger partial charge in [0.2, 0.25) is 0 Å². The molecule has 1 aromatic carbocycles. The molecule has 0 saturated carbocycles. The van der Waals surface area contributed by atoms with E-state index in [4.69, 9.17) is 0 Å². The summed E-state index contributed by atoms with van der Waals surface area (Å²) in [6.45, 7) is 1.02. The molecule has 4 rings (SSSR count). The van der Waals surface area contributed by atoms with E-state index in [0.717, 1.165) is 24.5 Å². The van der Waals surface area contributed by atoms with Crippen molar-refractivity contribution >= 4 is 5.57 Å². The molecule has 4 nitrogen and oxygen atoms in total. The second-order valence-electron chi connectivity index (χ2n) is 4.87. The van der Waals surface area contributed by atoms with Gasteiger partial charge in [0.1, 0.15) is 5.82 Å². The van der Waals surface area contributed by atoms with E-state index >= 15 is 0 Å². The number of nitrogens with zero attached hydrogens (tertiary/aromatic N) is 4. The average Bonchev–Trinajstić information content (AvgIpc) is 3.18. The summed E-state index contributed by atoms with van der Waals surface area (Å²) in [6, 6.07) is 8.51. The molecule has 3 aromatic rings. The summed E-state index contributed by atoms with van der Waals surface area (Å²) in [6.07, 6.45) is 12.8. The largest absolute Gasteiger partial charge is 0.331 e. The van der Waals surface area contributed by atoms with Crippen molar-refractivity contribution in [2.24, 2.45) is 0 Å². The van der Waals surface area contributed by atoms with Crippen LogP contribution in [0.1, 0.15) is 17.8 Å². The molecule has 1 aliphatic heterocycles. The van der Waals surface area contributed by atoms with Crippen molar-refractivity contribution in [3.63, 3.8) is 0 Å². The fraction of sp³-hybridized carbons (Fsp3) is 0.125. The van der Waals surface area contributed by atoms with Gasteiger partial charge in [-0.1, -0.05) is 18.2 Å². The molecule has 0 unspecified atom stereocenters. The summed E-state index contributed by atoms with van der Waals surface area (Å²) in [4.78, 5) is 8.54. The van der Waals surface area contributed by atoms with E-state index in [1.165, 1.54) is 11.1 Å². The van der Waals surface area contributed by atoms with E-state index < -0.39 is 0 Å². The van der Waals surface area contributed by atoms with Crippen molar-refractivity contribution in [1.29, 1.82) is 0 Å². The molecular formula is C16H14N4. The fourth-order valence-corrected chi connectivity index (χ4v) is 2.65. The van der Waals surface area contributed by atoms with Crippen LogP contribution in [-0.2, 0) is 6.54 Å². The normalized spacial score (nSPS) is 13.9. The Kier molecular flexibility index (Phi) is 2.52. The number of hydrogen-bond acceptors (Lipinski definition) is 2. The Labute approximate surface area is 117 Å². The predicted octanol–water partition coefficient (Wildman–Crippen LogP) is 2.90. The number of allylic oxidation sites excluding steroid dienone is 1. The minimum Gasteiger partial charge on any atom is -0.331 e. The molecule has 0 aliphatic carbocycles. The van der Waals surface area contributed by atoms with Gasteiger partial charge in [-0.25, -0.2) is 9.97 Å². The van der Waals surface area contributed by atoms with Crippen molar-refractivity contribution in [2.75, 3.05) is 0 Å². The van der Waals surface area contributed by atoms with Crippen molar-refractivity contribution in [3.8, 4) is 5.69 Å². The highest BCUT2D eigenvalue weighted by molar-refractivity contribution is 5.77. The van der Waals surface area contributed by atoms with E-state index in [0.29, 0.717) is 0 Å². The molecule has 98 valence electrons. The molecule has 0 N–H and O–H groups in total. The van der Waals surface area contributed by atoms with Crippen LogP contribution in [0.3, 0.4) is 0 Å². The first-order chi connectivity index (χ1) is 9.92. The number of imidazole rings is 2. The molecule has 0 saturated heterocycles. The summed E-state index contributed by atoms with van der Waals surface area (Å²) >= 11 is 0. The van der Waals surface area contributed by atoms with Crippen LogP contribution in [0.15, 0.2) is 61.5 Å². The third kappa shape index (κ3) is 1.77. The van der Waals surface area contributed by atoms with Crippen molar-refractivity contribution in [1.82, 2.24) is 19.1 Å². The lowest BCUT2D eigenvalue weighted by Gasteiger charge is -2.16. The highest BCUT2D eigenvalue weighted by Crippen LogP contribution is 2.27. The summed E-state index contributed by atoms with van der Waals surface area (Å²) in [5, 5.41) is 0. The fourth-order valence-electron chi connectivity index (χ4n) is 2.65. The van der Waals surface area contributed by atoms with Crippen LogP contribution in [0.4, 0.5) is 0 Å². The van der Waals surface area contributed by atoms with Gasteiger partial charge < -0.3 is 9.13 Å². The SMILES string of the molecule is C1=C(c2ccc(-n3ccnc3)cc2)c2nccn2CC1. The number of fused-ring (bicyclic) bond motifs is 1. The number of aryl methyl sites for hydroxylation is 1. The Morgan fingerprint density at radius 1 is 1.00 bits per heavy atom. The van der Waals surface area contributed by atoms with Crippen LogP contribution in [-0.4, -0.2) is 19.1 Å². The average molecular weight is 262 g/mol. The first-order valence-corrected chi connectivity index (χ1v) is 6.72. The van der Waals surface area contributed by atoms with Gasteiger partial charge in [-0.3, -0.25) is 0 Å². The molecule has 0 amide bonds. The summed E-state index contributed by atoms with van der Waals surface area (Å²) in [5.41, 5.74) is 3.55. The van der Waals surface area contributed by atoms with Gasteiger partial charge in [-0.2, -0.15) is 0 Å². The number of rotatable bonds is 2. The van der Waals surface area contributed by atoms with Crippen molar-refractivity contribution < 1.29 is 0 Å². The topological polar surface area (TPSA) is 35.6 Å². The van der Waals surface area contributed by atoms with Crippen LogP contribution in [0.5, 0.6) is 0 Å². The van der Waals surface area contributed by atoms with Gasteiger partial charge in [-0.05, 0) is 24.1 Å². The lowest BCUT2D eigenvalue weighted by Crippen LogP contribution is -2.08. The molecule has 4 heteroatoms. The van der Waals surface area contributed by atoms with Crippen molar-refractivity contribution in [3.05, 3.63) is 72.8 Å². The van der Waals surface area contributed by atoms with Gasteiger partial charge >= 0.3 is 0 Å². The monoisotopic (exact) mass is 262 g/mol. The third-order valence-corrected chi connectivity index (χ3v) is 3.66. The standard InChI is InChI=1S/C16H14N4/c1-2-15(16-18-8-11-19(16)9-1)13-3-5-14(6-4-13)20-10-7-17-12-20/h2-8,10-12H,1,9H2. The Bertz CT molecular complexity index is 748. The Morgan fingerprint density at radius 3 is 2.70 bits per heavy atom. The van der Waals surface area contributed by atoms with Crippen LogP contribution in [0, 0.1) is 0 Å². The molecule has 0 atom stereocenters. The van der Waals surface area contributed by atoms with Gasteiger partial charge in [0.15, 0.2) is 0 Å². The molecule has 0 spiro atoms. The zero-order valence-electron chi connectivity index (χ0n) is 11.0. The van der Waals surface area contributed by atoms with Crippen LogP contribution in [0.2, 0.25) is 0 Å². The molecule has 0 radical (unpaired) electrons. The molecular weight excluding hydrogens is 248 g/mol. The van der Waals surface area contributed by atoms with Crippen molar-refractivity contribution in [2.45, 2.75) is 13.0 Å². The second-order valence-corrected chi connectivity index (χ2v) is 4.87.